The van der Waals surface area contributed by atoms with Crippen LogP contribution in [0.2, 0.25) is 0 Å². The second kappa shape index (κ2) is 9.91. The maximum Gasteiger partial charge on any atom is 0.335 e. The van der Waals surface area contributed by atoms with Gasteiger partial charge < -0.3 is 35.0 Å². The highest BCUT2D eigenvalue weighted by atomic mass is 35.5. The summed E-state index contributed by atoms with van der Waals surface area (Å²) in [4.78, 5) is 24.8. The molecule has 3 aliphatic carbocycles. The van der Waals surface area contributed by atoms with Gasteiger partial charge in [-0.25, -0.2) is 4.79 Å². The molecule has 4 aliphatic rings. The second-order valence-corrected chi connectivity index (χ2v) is 12.4. The van der Waals surface area contributed by atoms with Crippen LogP contribution in [0, 0.1) is 28.1 Å². The minimum absolute atomic E-state index is 0.0423. The Morgan fingerprint density at radius 1 is 1.19 bits per heavy atom. The summed E-state index contributed by atoms with van der Waals surface area (Å²) in [7, 11) is 0. The molecule has 10 heteroatoms. The van der Waals surface area contributed by atoms with Crippen molar-refractivity contribution in [1.82, 2.24) is 0 Å². The number of rotatable bonds is 6. The number of fused-ring (bicyclic) bond motifs is 3. The SMILES string of the molecule is C[C@]1(C(O)CCl)CC[C@H]2C(=CC[C@@H]3[C@]2(C)CCC(=O)[C@]3(C)CO[C@@H]2O[C@H](C(=O)O)[C@@H](O)[C@@H](O)[C@@H]2O)C1. The van der Waals surface area contributed by atoms with Gasteiger partial charge in [0.25, 0.3) is 0 Å². The van der Waals surface area contributed by atoms with E-state index in [4.69, 9.17) is 21.1 Å². The van der Waals surface area contributed by atoms with Crippen LogP contribution in [-0.2, 0) is 19.1 Å². The Morgan fingerprint density at radius 3 is 2.53 bits per heavy atom. The molecule has 1 unspecified atom stereocenters. The summed E-state index contributed by atoms with van der Waals surface area (Å²) in [5.41, 5.74) is -0.0371. The molecule has 204 valence electrons. The smallest absolute Gasteiger partial charge is 0.335 e. The highest BCUT2D eigenvalue weighted by Crippen LogP contribution is 2.63. The Kier molecular flexibility index (Phi) is 7.69. The lowest BCUT2D eigenvalue weighted by Gasteiger charge is -2.59. The van der Waals surface area contributed by atoms with Crippen molar-refractivity contribution in [3.63, 3.8) is 0 Å². The van der Waals surface area contributed by atoms with Crippen molar-refractivity contribution in [2.75, 3.05) is 12.5 Å². The fourth-order valence-corrected chi connectivity index (χ4v) is 7.75. The summed E-state index contributed by atoms with van der Waals surface area (Å²) >= 11 is 5.98. The van der Waals surface area contributed by atoms with Crippen LogP contribution >= 0.6 is 11.6 Å². The number of ether oxygens (including phenoxy) is 2. The van der Waals surface area contributed by atoms with Gasteiger partial charge in [-0.05, 0) is 54.8 Å². The third kappa shape index (κ3) is 4.44. The minimum atomic E-state index is -1.80. The normalized spacial score (nSPS) is 47.9. The van der Waals surface area contributed by atoms with E-state index in [1.54, 1.807) is 0 Å². The number of hydrogen-bond acceptors (Lipinski definition) is 8. The van der Waals surface area contributed by atoms with Gasteiger partial charge >= 0.3 is 5.97 Å². The van der Waals surface area contributed by atoms with Crippen molar-refractivity contribution in [1.29, 1.82) is 0 Å². The van der Waals surface area contributed by atoms with E-state index < -0.39 is 48.2 Å². The predicted molar refractivity (Wildman–Crippen MR) is 129 cm³/mol. The van der Waals surface area contributed by atoms with Crippen molar-refractivity contribution in [2.45, 2.75) is 96.1 Å². The zero-order chi connectivity index (χ0) is 26.6. The molecule has 0 amide bonds. The van der Waals surface area contributed by atoms with Crippen LogP contribution in [0.3, 0.4) is 0 Å². The average molecular weight is 531 g/mol. The van der Waals surface area contributed by atoms with E-state index in [2.05, 4.69) is 19.9 Å². The Balaban J connectivity index is 1.55. The molecule has 4 rings (SSSR count). The van der Waals surface area contributed by atoms with Crippen molar-refractivity contribution < 1.29 is 44.6 Å². The van der Waals surface area contributed by atoms with E-state index in [-0.39, 0.29) is 40.9 Å². The molecule has 1 saturated heterocycles. The summed E-state index contributed by atoms with van der Waals surface area (Å²) in [6.07, 6.45) is -2.56. The van der Waals surface area contributed by atoms with Crippen molar-refractivity contribution >= 4 is 23.4 Å². The first-order valence-electron chi connectivity index (χ1n) is 12.8. The standard InChI is InChI=1S/C26H39ClO9/c1-24(17(29)11-27)8-6-14-13(10-24)4-5-15-25(14,2)9-7-16(28)26(15,3)12-35-23-20(32)18(30)19(31)21(36-23)22(33)34/h4,14-15,17-21,23,29-32H,5-12H2,1-3H3,(H,33,34)/t14-,15+,17?,18+,19-,20-,21-,23+,24-,25+,26+/m0/s1. The number of carboxylic acids is 1. The quantitative estimate of drug-likeness (QED) is 0.254. The monoisotopic (exact) mass is 530 g/mol. The first-order chi connectivity index (χ1) is 16.8. The molecular weight excluding hydrogens is 492 g/mol. The molecule has 0 spiro atoms. The number of alkyl halides is 1. The first kappa shape index (κ1) is 28.0. The van der Waals surface area contributed by atoms with Gasteiger partial charge in [0.15, 0.2) is 12.4 Å². The topological polar surface area (TPSA) is 154 Å². The molecule has 9 nitrogen and oxygen atoms in total. The van der Waals surface area contributed by atoms with Gasteiger partial charge in [-0.3, -0.25) is 4.79 Å². The molecule has 36 heavy (non-hydrogen) atoms. The summed E-state index contributed by atoms with van der Waals surface area (Å²) in [6, 6.07) is 0. The summed E-state index contributed by atoms with van der Waals surface area (Å²) < 4.78 is 11.1. The average Bonchev–Trinajstić information content (AvgIpc) is 2.83. The molecule has 0 bridgehead atoms. The Morgan fingerprint density at radius 2 is 1.89 bits per heavy atom. The minimum Gasteiger partial charge on any atom is -0.479 e. The van der Waals surface area contributed by atoms with E-state index in [0.29, 0.717) is 12.8 Å². The third-order valence-electron chi connectivity index (χ3n) is 9.88. The lowest BCUT2D eigenvalue weighted by atomic mass is 9.45. The molecule has 0 aromatic rings. The molecule has 0 aromatic carbocycles. The number of halogens is 1. The van der Waals surface area contributed by atoms with Gasteiger partial charge in [-0.1, -0.05) is 32.4 Å². The molecule has 0 radical (unpaired) electrons. The van der Waals surface area contributed by atoms with Gasteiger partial charge in [0.05, 0.1) is 18.1 Å². The van der Waals surface area contributed by atoms with E-state index in [1.165, 1.54) is 5.57 Å². The highest BCUT2D eigenvalue weighted by Gasteiger charge is 2.59. The number of Topliss-reactive ketones (excluding diaryl/α,β-unsaturated/α-hetero) is 1. The molecule has 11 atom stereocenters. The summed E-state index contributed by atoms with van der Waals surface area (Å²) in [6.45, 7) is 6.06. The van der Waals surface area contributed by atoms with E-state index in [0.717, 1.165) is 25.7 Å². The predicted octanol–water partition coefficient (Wildman–Crippen LogP) is 1.62. The van der Waals surface area contributed by atoms with Crippen molar-refractivity contribution in [3.8, 4) is 0 Å². The Bertz CT molecular complexity index is 910. The number of ketones is 1. The number of carbonyl (C=O) groups excluding carboxylic acids is 1. The molecule has 3 fully saturated rings. The number of aliphatic hydroxyl groups is 4. The number of aliphatic carboxylic acids is 1. The molecular formula is C26H39ClO9. The lowest BCUT2D eigenvalue weighted by molar-refractivity contribution is -0.300. The van der Waals surface area contributed by atoms with Crippen LogP contribution in [0.1, 0.15) is 59.3 Å². The molecule has 5 N–H and O–H groups in total. The first-order valence-corrected chi connectivity index (χ1v) is 13.3. The summed E-state index contributed by atoms with van der Waals surface area (Å²) in [5.74, 6) is -1.02. The second-order valence-electron chi connectivity index (χ2n) is 12.1. The van der Waals surface area contributed by atoms with E-state index in [9.17, 15) is 35.1 Å². The number of allylic oxidation sites excluding steroid dienone is 2. The molecule has 0 aromatic heterocycles. The Hall–Kier alpha value is -1.07. The highest BCUT2D eigenvalue weighted by molar-refractivity contribution is 6.18. The van der Waals surface area contributed by atoms with Crippen molar-refractivity contribution in [3.05, 3.63) is 11.6 Å². The third-order valence-corrected chi connectivity index (χ3v) is 10.2. The van der Waals surface area contributed by atoms with Crippen LogP contribution in [0.15, 0.2) is 11.6 Å². The molecule has 1 heterocycles. The van der Waals surface area contributed by atoms with Crippen LogP contribution in [-0.4, -0.2) is 86.6 Å². The van der Waals surface area contributed by atoms with Crippen molar-refractivity contribution in [2.24, 2.45) is 28.1 Å². The number of aliphatic hydroxyl groups excluding tert-OH is 4. The molecule has 1 aliphatic heterocycles. The van der Waals surface area contributed by atoms with Gasteiger partial charge in [0.2, 0.25) is 0 Å². The largest absolute Gasteiger partial charge is 0.479 e. The van der Waals surface area contributed by atoms with Gasteiger partial charge in [-0.2, -0.15) is 0 Å². The van der Waals surface area contributed by atoms with Crippen LogP contribution in [0.4, 0.5) is 0 Å². The zero-order valence-electron chi connectivity index (χ0n) is 21.1. The summed E-state index contributed by atoms with van der Waals surface area (Å²) in [5, 5.41) is 50.3. The van der Waals surface area contributed by atoms with Crippen LogP contribution in [0.5, 0.6) is 0 Å². The maximum absolute atomic E-state index is 13.3. The van der Waals surface area contributed by atoms with Gasteiger partial charge in [0, 0.05) is 12.3 Å². The number of hydrogen-bond donors (Lipinski definition) is 5. The van der Waals surface area contributed by atoms with Crippen LogP contribution in [0.25, 0.3) is 0 Å². The number of carbonyl (C=O) groups is 2. The number of carboxylic acid groups (broad SMARTS) is 1. The Labute approximate surface area is 216 Å². The van der Waals surface area contributed by atoms with E-state index in [1.807, 2.05) is 6.92 Å². The van der Waals surface area contributed by atoms with Gasteiger partial charge in [0.1, 0.15) is 24.1 Å². The fraction of sp³-hybridized carbons (Fsp3) is 0.846. The maximum atomic E-state index is 13.3. The van der Waals surface area contributed by atoms with E-state index >= 15 is 0 Å². The lowest BCUT2D eigenvalue weighted by Crippen LogP contribution is -2.61. The van der Waals surface area contributed by atoms with Crippen LogP contribution < -0.4 is 0 Å². The van der Waals surface area contributed by atoms with Gasteiger partial charge in [-0.15, -0.1) is 11.6 Å². The fourth-order valence-electron chi connectivity index (χ4n) is 7.38. The molecule has 2 saturated carbocycles. The zero-order valence-corrected chi connectivity index (χ0v) is 21.9.